The molecule has 1 aromatic rings. The van der Waals surface area contributed by atoms with Crippen LogP contribution < -0.4 is 0 Å². The van der Waals surface area contributed by atoms with Crippen molar-refractivity contribution in [1.29, 1.82) is 0 Å². The maximum absolute atomic E-state index is 11.3. The third-order valence-corrected chi connectivity index (χ3v) is 3.47. The van der Waals surface area contributed by atoms with Gasteiger partial charge in [0.1, 0.15) is 5.60 Å². The van der Waals surface area contributed by atoms with Gasteiger partial charge in [0.05, 0.1) is 13.2 Å². The van der Waals surface area contributed by atoms with Gasteiger partial charge in [0.2, 0.25) is 0 Å². The molecule has 3 fully saturated rings. The van der Waals surface area contributed by atoms with E-state index in [0.29, 0.717) is 13.2 Å². The molecule has 4 heteroatoms. The molecule has 3 saturated heterocycles. The first-order valence-electron chi connectivity index (χ1n) is 6.47. The summed E-state index contributed by atoms with van der Waals surface area (Å²) in [5.41, 5.74) is 1.80. The minimum atomic E-state index is -0.324. The SMILES string of the molecule is CCOC(=O)/C=C/c1cccc(C23COC(C2)O3)c1. The second kappa shape index (κ2) is 4.79. The molecule has 3 heterocycles. The molecule has 1 aromatic carbocycles. The van der Waals surface area contributed by atoms with Crippen LogP contribution in [0.3, 0.4) is 0 Å². The summed E-state index contributed by atoms with van der Waals surface area (Å²) in [7, 11) is 0. The minimum absolute atomic E-state index is 0.0290. The standard InChI is InChI=1S/C15H16O4/c1-2-17-13(16)7-6-11-4-3-5-12(8-11)15-9-14(19-15)18-10-15/h3-8,14H,2,9-10H2,1H3/b7-6+. The predicted molar refractivity (Wildman–Crippen MR) is 69.2 cm³/mol. The van der Waals surface area contributed by atoms with E-state index >= 15 is 0 Å². The Morgan fingerprint density at radius 3 is 3.11 bits per heavy atom. The fraction of sp³-hybridized carbons (Fsp3) is 0.400. The van der Waals surface area contributed by atoms with E-state index < -0.39 is 0 Å². The maximum Gasteiger partial charge on any atom is 0.330 e. The van der Waals surface area contributed by atoms with Gasteiger partial charge < -0.3 is 14.2 Å². The number of hydrogen-bond donors (Lipinski definition) is 0. The molecule has 2 unspecified atom stereocenters. The van der Waals surface area contributed by atoms with Crippen molar-refractivity contribution in [3.8, 4) is 0 Å². The Labute approximate surface area is 112 Å². The normalized spacial score (nSPS) is 28.4. The van der Waals surface area contributed by atoms with Crippen LogP contribution in [0.25, 0.3) is 6.08 Å². The summed E-state index contributed by atoms with van der Waals surface area (Å²) in [5, 5.41) is 0. The molecule has 0 aliphatic carbocycles. The van der Waals surface area contributed by atoms with Crippen LogP contribution in [0.1, 0.15) is 24.5 Å². The van der Waals surface area contributed by atoms with Crippen LogP contribution in [0.5, 0.6) is 0 Å². The van der Waals surface area contributed by atoms with E-state index in [1.807, 2.05) is 24.3 Å². The van der Waals surface area contributed by atoms with E-state index in [9.17, 15) is 4.79 Å². The lowest BCUT2D eigenvalue weighted by atomic mass is 9.87. The molecule has 2 atom stereocenters. The molecule has 0 radical (unpaired) electrons. The van der Waals surface area contributed by atoms with Gasteiger partial charge in [0, 0.05) is 12.5 Å². The number of ether oxygens (including phenoxy) is 3. The van der Waals surface area contributed by atoms with E-state index in [1.54, 1.807) is 13.0 Å². The molecule has 0 spiro atoms. The van der Waals surface area contributed by atoms with Gasteiger partial charge in [-0.2, -0.15) is 0 Å². The Morgan fingerprint density at radius 1 is 1.58 bits per heavy atom. The van der Waals surface area contributed by atoms with Crippen LogP contribution in [0, 0.1) is 0 Å². The topological polar surface area (TPSA) is 44.8 Å². The highest BCUT2D eigenvalue weighted by Gasteiger charge is 2.54. The smallest absolute Gasteiger partial charge is 0.330 e. The van der Waals surface area contributed by atoms with Gasteiger partial charge in [-0.1, -0.05) is 18.2 Å². The minimum Gasteiger partial charge on any atom is -0.463 e. The monoisotopic (exact) mass is 260 g/mol. The number of esters is 1. The molecule has 100 valence electrons. The largest absolute Gasteiger partial charge is 0.463 e. The summed E-state index contributed by atoms with van der Waals surface area (Å²) in [5.74, 6) is -0.324. The molecule has 0 N–H and O–H groups in total. The van der Waals surface area contributed by atoms with Gasteiger partial charge in [0.25, 0.3) is 0 Å². The van der Waals surface area contributed by atoms with Gasteiger partial charge >= 0.3 is 5.97 Å². The van der Waals surface area contributed by atoms with Crippen molar-refractivity contribution in [3.63, 3.8) is 0 Å². The molecule has 3 aliphatic heterocycles. The molecular weight excluding hydrogens is 244 g/mol. The maximum atomic E-state index is 11.3. The molecule has 0 amide bonds. The first-order chi connectivity index (χ1) is 9.22. The van der Waals surface area contributed by atoms with Gasteiger partial charge in [-0.3, -0.25) is 0 Å². The molecule has 2 bridgehead atoms. The van der Waals surface area contributed by atoms with E-state index in [4.69, 9.17) is 14.2 Å². The molecule has 0 saturated carbocycles. The van der Waals surface area contributed by atoms with Crippen molar-refractivity contribution in [2.45, 2.75) is 25.2 Å². The number of rotatable bonds is 4. The van der Waals surface area contributed by atoms with Crippen LogP contribution in [0.2, 0.25) is 0 Å². The summed E-state index contributed by atoms with van der Waals surface area (Å²) in [6.07, 6.45) is 4.08. The number of benzene rings is 1. The lowest BCUT2D eigenvalue weighted by molar-refractivity contribution is -0.198. The van der Waals surface area contributed by atoms with Gasteiger partial charge in [-0.25, -0.2) is 4.79 Å². The number of carbonyl (C=O) groups is 1. The summed E-state index contributed by atoms with van der Waals surface area (Å²) in [6.45, 7) is 2.79. The van der Waals surface area contributed by atoms with Crippen LogP contribution in [-0.4, -0.2) is 25.5 Å². The van der Waals surface area contributed by atoms with Crippen LogP contribution in [0.15, 0.2) is 30.3 Å². The summed E-state index contributed by atoms with van der Waals surface area (Å²) >= 11 is 0. The zero-order valence-corrected chi connectivity index (χ0v) is 10.8. The Balaban J connectivity index is 1.75. The van der Waals surface area contributed by atoms with Crippen LogP contribution >= 0.6 is 0 Å². The average Bonchev–Trinajstić information content (AvgIpc) is 2.98. The molecule has 3 aliphatic rings. The fourth-order valence-corrected chi connectivity index (χ4v) is 2.47. The van der Waals surface area contributed by atoms with Crippen molar-refractivity contribution in [3.05, 3.63) is 41.5 Å². The van der Waals surface area contributed by atoms with Gasteiger partial charge in [-0.05, 0) is 30.2 Å². The first-order valence-corrected chi connectivity index (χ1v) is 6.47. The predicted octanol–water partition coefficient (Wildman–Crippen LogP) is 2.23. The average molecular weight is 260 g/mol. The van der Waals surface area contributed by atoms with E-state index in [0.717, 1.165) is 17.5 Å². The highest BCUT2D eigenvalue weighted by molar-refractivity contribution is 5.87. The molecule has 0 aromatic heterocycles. The molecule has 4 nitrogen and oxygen atoms in total. The number of carbonyl (C=O) groups excluding carboxylic acids is 1. The van der Waals surface area contributed by atoms with E-state index in [-0.39, 0.29) is 17.9 Å². The Morgan fingerprint density at radius 2 is 2.42 bits per heavy atom. The second-order valence-electron chi connectivity index (χ2n) is 4.77. The quantitative estimate of drug-likeness (QED) is 0.615. The van der Waals surface area contributed by atoms with Crippen LogP contribution in [0.4, 0.5) is 0 Å². The Bertz CT molecular complexity index is 509. The van der Waals surface area contributed by atoms with Crippen molar-refractivity contribution in [2.75, 3.05) is 13.2 Å². The lowest BCUT2D eigenvalue weighted by Gasteiger charge is -2.36. The number of fused-ring (bicyclic) bond motifs is 1. The Kier molecular flexibility index (Phi) is 3.12. The summed E-state index contributed by atoms with van der Waals surface area (Å²) < 4.78 is 16.0. The van der Waals surface area contributed by atoms with Crippen molar-refractivity contribution < 1.29 is 19.0 Å². The van der Waals surface area contributed by atoms with E-state index in [1.165, 1.54) is 6.08 Å². The molecule has 19 heavy (non-hydrogen) atoms. The highest BCUT2D eigenvalue weighted by Crippen LogP contribution is 2.48. The fourth-order valence-electron chi connectivity index (χ4n) is 2.47. The Hall–Kier alpha value is -1.65. The van der Waals surface area contributed by atoms with Crippen molar-refractivity contribution in [2.24, 2.45) is 0 Å². The van der Waals surface area contributed by atoms with Crippen molar-refractivity contribution >= 4 is 12.0 Å². The van der Waals surface area contributed by atoms with Gasteiger partial charge in [-0.15, -0.1) is 0 Å². The third-order valence-electron chi connectivity index (χ3n) is 3.47. The summed E-state index contributed by atoms with van der Waals surface area (Å²) in [6, 6.07) is 7.97. The zero-order chi connectivity index (χ0) is 13.3. The molecular formula is C15H16O4. The van der Waals surface area contributed by atoms with Crippen LogP contribution in [-0.2, 0) is 24.6 Å². The first kappa shape index (κ1) is 12.4. The molecule has 4 rings (SSSR count). The zero-order valence-electron chi connectivity index (χ0n) is 10.8. The van der Waals surface area contributed by atoms with Gasteiger partial charge in [0.15, 0.2) is 6.29 Å². The summed E-state index contributed by atoms with van der Waals surface area (Å²) in [4.78, 5) is 11.3. The van der Waals surface area contributed by atoms with Crippen molar-refractivity contribution in [1.82, 2.24) is 0 Å². The highest BCUT2D eigenvalue weighted by atomic mass is 16.8. The third kappa shape index (κ3) is 2.29. The van der Waals surface area contributed by atoms with E-state index in [2.05, 4.69) is 0 Å². The number of hydrogen-bond acceptors (Lipinski definition) is 4. The lowest BCUT2D eigenvalue weighted by Crippen LogP contribution is -2.40. The second-order valence-corrected chi connectivity index (χ2v) is 4.77.